The second-order valence-electron chi connectivity index (χ2n) is 7.10. The zero-order valence-corrected chi connectivity index (χ0v) is 17.7. The molecule has 0 aromatic heterocycles. The van der Waals surface area contributed by atoms with E-state index in [9.17, 15) is 9.59 Å². The van der Waals surface area contributed by atoms with E-state index in [-0.39, 0.29) is 11.6 Å². The summed E-state index contributed by atoms with van der Waals surface area (Å²) in [6, 6.07) is 21.3. The Morgan fingerprint density at radius 2 is 1.75 bits per heavy atom. The number of hydrogen-bond acceptors (Lipinski definition) is 6. The Kier molecular flexibility index (Phi) is 6.12. The van der Waals surface area contributed by atoms with Crippen LogP contribution in [-0.2, 0) is 9.53 Å². The molecule has 0 saturated carbocycles. The smallest absolute Gasteiger partial charge is 0.363 e. The first-order valence-electron chi connectivity index (χ1n) is 10.2. The van der Waals surface area contributed by atoms with Crippen molar-refractivity contribution in [3.63, 3.8) is 0 Å². The van der Waals surface area contributed by atoms with Gasteiger partial charge in [0.1, 0.15) is 0 Å². The lowest BCUT2D eigenvalue weighted by Gasteiger charge is -2.11. The highest BCUT2D eigenvalue weighted by molar-refractivity contribution is 6.12. The Labute approximate surface area is 185 Å². The number of carbonyl (C=O) groups is 2. The lowest BCUT2D eigenvalue weighted by atomic mass is 10.1. The number of benzene rings is 3. The van der Waals surface area contributed by atoms with Gasteiger partial charge in [0, 0.05) is 5.56 Å². The van der Waals surface area contributed by atoms with Crippen molar-refractivity contribution < 1.29 is 23.8 Å². The van der Waals surface area contributed by atoms with Gasteiger partial charge in [-0.1, -0.05) is 42.0 Å². The fourth-order valence-corrected chi connectivity index (χ4v) is 3.09. The van der Waals surface area contributed by atoms with Crippen molar-refractivity contribution in [1.82, 2.24) is 0 Å². The van der Waals surface area contributed by atoms with E-state index in [1.807, 2.05) is 44.2 Å². The minimum absolute atomic E-state index is 0.178. The van der Waals surface area contributed by atoms with Gasteiger partial charge in [-0.3, -0.25) is 0 Å². The molecule has 3 aromatic rings. The van der Waals surface area contributed by atoms with Crippen molar-refractivity contribution in [2.24, 2.45) is 4.99 Å². The normalized spacial score (nSPS) is 14.1. The third kappa shape index (κ3) is 4.75. The van der Waals surface area contributed by atoms with Gasteiger partial charge in [-0.05, 0) is 61.9 Å². The number of carbonyl (C=O) groups excluding carboxylic acids is 2. The molecule has 32 heavy (non-hydrogen) atoms. The van der Waals surface area contributed by atoms with Crippen LogP contribution in [0.25, 0.3) is 6.08 Å². The summed E-state index contributed by atoms with van der Waals surface area (Å²) in [5.41, 5.74) is 3.11. The van der Waals surface area contributed by atoms with Crippen LogP contribution in [0.4, 0.5) is 0 Å². The standard InChI is InChI=1S/C26H21NO5/c1-3-30-23-16-18(11-14-22(23)31-25(28)20-7-5-4-6-8-20)15-21-26(29)32-24(27-21)19-12-9-17(2)10-13-19/h4-16H,3H2,1-2H3/b21-15+. The molecule has 4 rings (SSSR count). The SMILES string of the molecule is CCOc1cc(/C=C2/N=C(c3ccc(C)cc3)OC2=O)ccc1OC(=O)c1ccccc1. The van der Waals surface area contributed by atoms with E-state index in [0.29, 0.717) is 29.2 Å². The maximum Gasteiger partial charge on any atom is 0.363 e. The summed E-state index contributed by atoms with van der Waals surface area (Å²) in [7, 11) is 0. The van der Waals surface area contributed by atoms with Crippen LogP contribution in [-0.4, -0.2) is 24.4 Å². The molecule has 0 saturated heterocycles. The summed E-state index contributed by atoms with van der Waals surface area (Å²) < 4.78 is 16.5. The molecular formula is C26H21NO5. The van der Waals surface area contributed by atoms with Crippen LogP contribution in [0.3, 0.4) is 0 Å². The van der Waals surface area contributed by atoms with Gasteiger partial charge in [0.2, 0.25) is 5.90 Å². The van der Waals surface area contributed by atoms with Crippen LogP contribution in [0.5, 0.6) is 11.5 Å². The minimum atomic E-state index is -0.530. The van der Waals surface area contributed by atoms with Gasteiger partial charge in [0.15, 0.2) is 17.2 Å². The number of cyclic esters (lactones) is 1. The first kappa shape index (κ1) is 21.1. The van der Waals surface area contributed by atoms with E-state index in [2.05, 4.69) is 4.99 Å². The molecule has 1 heterocycles. The summed E-state index contributed by atoms with van der Waals surface area (Å²) in [6.45, 7) is 4.20. The van der Waals surface area contributed by atoms with Gasteiger partial charge < -0.3 is 14.2 Å². The molecular weight excluding hydrogens is 406 g/mol. The molecule has 0 fully saturated rings. The van der Waals surface area contributed by atoms with Gasteiger partial charge in [0.25, 0.3) is 0 Å². The first-order chi connectivity index (χ1) is 15.5. The molecule has 1 aliphatic rings. The van der Waals surface area contributed by atoms with Crippen molar-refractivity contribution in [3.05, 3.63) is 101 Å². The largest absolute Gasteiger partial charge is 0.490 e. The van der Waals surface area contributed by atoms with Crippen LogP contribution in [0.2, 0.25) is 0 Å². The van der Waals surface area contributed by atoms with Crippen LogP contribution in [0.1, 0.15) is 34.0 Å². The molecule has 3 aromatic carbocycles. The molecule has 6 heteroatoms. The second kappa shape index (κ2) is 9.31. The lowest BCUT2D eigenvalue weighted by molar-refractivity contribution is -0.129. The molecule has 0 bridgehead atoms. The highest BCUT2D eigenvalue weighted by Gasteiger charge is 2.24. The van der Waals surface area contributed by atoms with Crippen molar-refractivity contribution in [1.29, 1.82) is 0 Å². The van der Waals surface area contributed by atoms with E-state index >= 15 is 0 Å². The van der Waals surface area contributed by atoms with Gasteiger partial charge in [-0.25, -0.2) is 14.6 Å². The molecule has 0 atom stereocenters. The number of aryl methyl sites for hydroxylation is 1. The van der Waals surface area contributed by atoms with Crippen LogP contribution < -0.4 is 9.47 Å². The van der Waals surface area contributed by atoms with E-state index in [4.69, 9.17) is 14.2 Å². The molecule has 0 radical (unpaired) electrons. The number of hydrogen-bond donors (Lipinski definition) is 0. The number of nitrogens with zero attached hydrogens (tertiary/aromatic N) is 1. The maximum atomic E-state index is 12.4. The van der Waals surface area contributed by atoms with E-state index < -0.39 is 11.9 Å². The Bertz CT molecular complexity index is 1210. The Hall–Kier alpha value is -4.19. The molecule has 0 spiro atoms. The van der Waals surface area contributed by atoms with Gasteiger partial charge in [-0.2, -0.15) is 0 Å². The zero-order valence-electron chi connectivity index (χ0n) is 17.7. The Balaban J connectivity index is 1.59. The third-order valence-electron chi connectivity index (χ3n) is 4.70. The molecule has 0 unspecified atom stereocenters. The summed E-state index contributed by atoms with van der Waals surface area (Å²) >= 11 is 0. The highest BCUT2D eigenvalue weighted by atomic mass is 16.6. The van der Waals surface area contributed by atoms with Crippen molar-refractivity contribution in [2.45, 2.75) is 13.8 Å². The second-order valence-corrected chi connectivity index (χ2v) is 7.10. The van der Waals surface area contributed by atoms with E-state index in [1.165, 1.54) is 0 Å². The first-order valence-corrected chi connectivity index (χ1v) is 10.2. The zero-order chi connectivity index (χ0) is 22.5. The Morgan fingerprint density at radius 1 is 1.00 bits per heavy atom. The number of ether oxygens (including phenoxy) is 3. The molecule has 160 valence electrons. The summed E-state index contributed by atoms with van der Waals surface area (Å²) in [4.78, 5) is 29.0. The number of aliphatic imine (C=N–C) groups is 1. The highest BCUT2D eigenvalue weighted by Crippen LogP contribution is 2.31. The topological polar surface area (TPSA) is 74.2 Å². The van der Waals surface area contributed by atoms with Crippen molar-refractivity contribution in [2.75, 3.05) is 6.61 Å². The quantitative estimate of drug-likeness (QED) is 0.316. The van der Waals surface area contributed by atoms with Gasteiger partial charge in [-0.15, -0.1) is 0 Å². The molecule has 0 N–H and O–H groups in total. The Morgan fingerprint density at radius 3 is 2.47 bits per heavy atom. The molecule has 1 aliphatic heterocycles. The van der Waals surface area contributed by atoms with E-state index in [0.717, 1.165) is 11.1 Å². The van der Waals surface area contributed by atoms with Gasteiger partial charge in [0.05, 0.1) is 12.2 Å². The summed E-state index contributed by atoms with van der Waals surface area (Å²) in [5, 5.41) is 0. The fraction of sp³-hybridized carbons (Fsp3) is 0.115. The van der Waals surface area contributed by atoms with Crippen LogP contribution in [0, 0.1) is 6.92 Å². The molecule has 0 aliphatic carbocycles. The van der Waals surface area contributed by atoms with E-state index in [1.54, 1.807) is 48.5 Å². The third-order valence-corrected chi connectivity index (χ3v) is 4.70. The number of rotatable bonds is 6. The predicted molar refractivity (Wildman–Crippen MR) is 121 cm³/mol. The minimum Gasteiger partial charge on any atom is -0.490 e. The average molecular weight is 427 g/mol. The number of esters is 2. The van der Waals surface area contributed by atoms with Gasteiger partial charge >= 0.3 is 11.9 Å². The predicted octanol–water partition coefficient (Wildman–Crippen LogP) is 4.96. The van der Waals surface area contributed by atoms with Crippen molar-refractivity contribution >= 4 is 23.9 Å². The summed E-state index contributed by atoms with van der Waals surface area (Å²) in [5.74, 6) is -0.0666. The summed E-state index contributed by atoms with van der Waals surface area (Å²) in [6.07, 6.45) is 1.61. The lowest BCUT2D eigenvalue weighted by Crippen LogP contribution is -2.09. The van der Waals surface area contributed by atoms with Crippen molar-refractivity contribution in [3.8, 4) is 11.5 Å². The van der Waals surface area contributed by atoms with Crippen LogP contribution >= 0.6 is 0 Å². The molecule has 0 amide bonds. The fourth-order valence-electron chi connectivity index (χ4n) is 3.09. The maximum absolute atomic E-state index is 12.4. The van der Waals surface area contributed by atoms with Crippen LogP contribution in [0.15, 0.2) is 83.5 Å². The molecule has 6 nitrogen and oxygen atoms in total. The average Bonchev–Trinajstić information content (AvgIpc) is 3.16. The monoisotopic (exact) mass is 427 g/mol.